The van der Waals surface area contributed by atoms with E-state index in [4.69, 9.17) is 9.47 Å². The van der Waals surface area contributed by atoms with Gasteiger partial charge < -0.3 is 25.0 Å². The number of hydrogen-bond acceptors (Lipinski definition) is 6. The van der Waals surface area contributed by atoms with Crippen molar-refractivity contribution in [2.45, 2.75) is 13.0 Å². The molecule has 3 amide bonds. The Morgan fingerprint density at radius 2 is 1.87 bits per heavy atom. The van der Waals surface area contributed by atoms with E-state index in [9.17, 15) is 9.59 Å². The molecule has 156 valence electrons. The van der Waals surface area contributed by atoms with E-state index < -0.39 is 0 Å². The zero-order valence-electron chi connectivity index (χ0n) is 16.5. The number of carbonyl (C=O) groups excluding carboxylic acids is 2. The Labute approximate surface area is 177 Å². The molecule has 30 heavy (non-hydrogen) atoms. The molecule has 0 atom stereocenters. The minimum atomic E-state index is -0.225. The Bertz CT molecular complexity index is 1010. The minimum absolute atomic E-state index is 0.156. The molecule has 3 aromatic rings. The molecular weight excluding hydrogens is 404 g/mol. The molecule has 2 N–H and O–H groups in total. The number of nitrogens with zero attached hydrogens (tertiary/aromatic N) is 2. The molecule has 0 saturated carbocycles. The topological polar surface area (TPSA) is 92.8 Å². The van der Waals surface area contributed by atoms with Gasteiger partial charge in [-0.3, -0.25) is 4.79 Å². The van der Waals surface area contributed by atoms with Crippen LogP contribution in [0.25, 0.3) is 10.2 Å². The molecule has 8 nitrogen and oxygen atoms in total. The summed E-state index contributed by atoms with van der Waals surface area (Å²) in [5.74, 6) is 1.15. The number of ether oxygens (including phenoxy) is 2. The first-order valence-electron chi connectivity index (χ1n) is 9.61. The highest BCUT2D eigenvalue weighted by atomic mass is 32.1. The summed E-state index contributed by atoms with van der Waals surface area (Å²) in [4.78, 5) is 30.4. The lowest BCUT2D eigenvalue weighted by Gasteiger charge is -2.17. The maximum atomic E-state index is 12.2. The lowest BCUT2D eigenvalue weighted by Crippen LogP contribution is -2.38. The van der Waals surface area contributed by atoms with E-state index in [2.05, 4.69) is 15.6 Å². The van der Waals surface area contributed by atoms with Gasteiger partial charge in [-0.05, 0) is 5.56 Å². The van der Waals surface area contributed by atoms with E-state index in [0.29, 0.717) is 36.4 Å². The standard InChI is InChI=1S/C21H22N4O4S/c1-25(13-14-5-3-2-4-6-14)21(27)22-8-7-19(26)24-20-23-15-11-16-17(12-18(15)30-20)29-10-9-28-16/h2-6,11-12H,7-10,13H2,1H3,(H,22,27)(H,23,24,26). The Morgan fingerprint density at radius 3 is 2.63 bits per heavy atom. The summed E-state index contributed by atoms with van der Waals surface area (Å²) < 4.78 is 12.0. The zero-order chi connectivity index (χ0) is 20.9. The van der Waals surface area contributed by atoms with Gasteiger partial charge in [-0.1, -0.05) is 41.7 Å². The van der Waals surface area contributed by atoms with Crippen LogP contribution in [0.15, 0.2) is 42.5 Å². The van der Waals surface area contributed by atoms with Crippen LogP contribution in [0.2, 0.25) is 0 Å². The van der Waals surface area contributed by atoms with Crippen molar-refractivity contribution in [2.75, 3.05) is 32.1 Å². The molecule has 0 bridgehead atoms. The number of carbonyl (C=O) groups is 2. The van der Waals surface area contributed by atoms with Gasteiger partial charge >= 0.3 is 6.03 Å². The first kappa shape index (κ1) is 20.0. The van der Waals surface area contributed by atoms with Gasteiger partial charge in [-0.15, -0.1) is 0 Å². The lowest BCUT2D eigenvalue weighted by molar-refractivity contribution is -0.116. The number of nitrogens with one attached hydrogen (secondary N) is 2. The summed E-state index contributed by atoms with van der Waals surface area (Å²) in [5.41, 5.74) is 1.79. The van der Waals surface area contributed by atoms with E-state index in [0.717, 1.165) is 15.8 Å². The minimum Gasteiger partial charge on any atom is -0.486 e. The smallest absolute Gasteiger partial charge is 0.317 e. The molecule has 1 aliphatic heterocycles. The number of benzene rings is 2. The molecule has 9 heteroatoms. The van der Waals surface area contributed by atoms with Crippen molar-refractivity contribution >= 4 is 38.6 Å². The number of aromatic nitrogens is 1. The third-order valence-corrected chi connectivity index (χ3v) is 5.47. The van der Waals surface area contributed by atoms with Crippen molar-refractivity contribution < 1.29 is 19.1 Å². The molecule has 0 fully saturated rings. The zero-order valence-corrected chi connectivity index (χ0v) is 17.3. The lowest BCUT2D eigenvalue weighted by atomic mass is 10.2. The van der Waals surface area contributed by atoms with Crippen molar-refractivity contribution in [3.8, 4) is 11.5 Å². The highest BCUT2D eigenvalue weighted by Gasteiger charge is 2.16. The van der Waals surface area contributed by atoms with Crippen LogP contribution in [0.4, 0.5) is 9.93 Å². The molecule has 2 heterocycles. The molecule has 4 rings (SSSR count). The molecule has 0 spiro atoms. The van der Waals surface area contributed by atoms with Gasteiger partial charge in [-0.2, -0.15) is 0 Å². The molecule has 1 aromatic heterocycles. The van der Waals surface area contributed by atoms with Gasteiger partial charge in [0.1, 0.15) is 13.2 Å². The fraction of sp³-hybridized carbons (Fsp3) is 0.286. The van der Waals surface area contributed by atoms with E-state index >= 15 is 0 Å². The summed E-state index contributed by atoms with van der Waals surface area (Å²) in [6, 6.07) is 13.2. The van der Waals surface area contributed by atoms with Crippen molar-refractivity contribution in [2.24, 2.45) is 0 Å². The Hall–Kier alpha value is -3.33. The summed E-state index contributed by atoms with van der Waals surface area (Å²) in [5, 5.41) is 6.05. The van der Waals surface area contributed by atoms with E-state index in [1.165, 1.54) is 11.3 Å². The monoisotopic (exact) mass is 426 g/mol. The Balaban J connectivity index is 1.26. The average Bonchev–Trinajstić information content (AvgIpc) is 3.13. The van der Waals surface area contributed by atoms with Crippen LogP contribution >= 0.6 is 11.3 Å². The molecule has 2 aromatic carbocycles. The summed E-state index contributed by atoms with van der Waals surface area (Å²) in [6.07, 6.45) is 0.156. The maximum Gasteiger partial charge on any atom is 0.317 e. The van der Waals surface area contributed by atoms with Crippen LogP contribution in [0.3, 0.4) is 0 Å². The molecular formula is C21H22N4O4S. The SMILES string of the molecule is CN(Cc1ccccc1)C(=O)NCCC(=O)Nc1nc2cc3c(cc2s1)OCCO3. The van der Waals surface area contributed by atoms with E-state index in [1.54, 1.807) is 11.9 Å². The van der Waals surface area contributed by atoms with Crippen molar-refractivity contribution in [1.29, 1.82) is 0 Å². The Morgan fingerprint density at radius 1 is 1.13 bits per heavy atom. The van der Waals surface area contributed by atoms with Gasteiger partial charge in [0.15, 0.2) is 16.6 Å². The number of fused-ring (bicyclic) bond motifs is 2. The normalized spacial score (nSPS) is 12.4. The first-order valence-corrected chi connectivity index (χ1v) is 10.4. The van der Waals surface area contributed by atoms with Gasteiger partial charge in [-0.25, -0.2) is 9.78 Å². The summed E-state index contributed by atoms with van der Waals surface area (Å²) in [6.45, 7) is 1.78. The predicted octanol–water partition coefficient (Wildman–Crippen LogP) is 3.24. The number of amides is 3. The number of rotatable bonds is 6. The summed E-state index contributed by atoms with van der Waals surface area (Å²) in [7, 11) is 1.72. The Kier molecular flexibility index (Phi) is 5.99. The molecule has 0 radical (unpaired) electrons. The third kappa shape index (κ3) is 4.80. The average molecular weight is 426 g/mol. The molecule has 0 aliphatic carbocycles. The number of hydrogen-bond donors (Lipinski definition) is 2. The summed E-state index contributed by atoms with van der Waals surface area (Å²) >= 11 is 1.37. The van der Waals surface area contributed by atoms with Gasteiger partial charge in [0, 0.05) is 38.7 Å². The van der Waals surface area contributed by atoms with Crippen molar-refractivity contribution in [1.82, 2.24) is 15.2 Å². The fourth-order valence-electron chi connectivity index (χ4n) is 3.05. The van der Waals surface area contributed by atoms with Gasteiger partial charge in [0.2, 0.25) is 5.91 Å². The van der Waals surface area contributed by atoms with Crippen molar-refractivity contribution in [3.05, 3.63) is 48.0 Å². The fourth-order valence-corrected chi connectivity index (χ4v) is 3.94. The number of urea groups is 1. The second-order valence-electron chi connectivity index (χ2n) is 6.85. The second kappa shape index (κ2) is 9.00. The van der Waals surface area contributed by atoms with Crippen molar-refractivity contribution in [3.63, 3.8) is 0 Å². The van der Waals surface area contributed by atoms with E-state index in [-0.39, 0.29) is 24.9 Å². The first-order chi connectivity index (χ1) is 14.6. The largest absolute Gasteiger partial charge is 0.486 e. The highest BCUT2D eigenvalue weighted by Crippen LogP contribution is 2.37. The van der Waals surface area contributed by atoms with Crippen LogP contribution in [0.5, 0.6) is 11.5 Å². The van der Waals surface area contributed by atoms with E-state index in [1.807, 2.05) is 42.5 Å². The second-order valence-corrected chi connectivity index (χ2v) is 7.89. The number of thiazole rings is 1. The molecule has 0 saturated heterocycles. The number of anilines is 1. The van der Waals surface area contributed by atoms with Crippen LogP contribution < -0.4 is 20.1 Å². The quantitative estimate of drug-likeness (QED) is 0.631. The predicted molar refractivity (Wildman–Crippen MR) is 115 cm³/mol. The highest BCUT2D eigenvalue weighted by molar-refractivity contribution is 7.22. The van der Waals surface area contributed by atoms with Gasteiger partial charge in [0.05, 0.1) is 10.2 Å². The van der Waals surface area contributed by atoms with Crippen LogP contribution in [-0.2, 0) is 11.3 Å². The molecule has 0 unspecified atom stereocenters. The molecule has 1 aliphatic rings. The maximum absolute atomic E-state index is 12.2. The third-order valence-electron chi connectivity index (χ3n) is 4.54. The van der Waals surface area contributed by atoms with Crippen LogP contribution in [-0.4, -0.2) is 48.6 Å². The van der Waals surface area contributed by atoms with Crippen LogP contribution in [0, 0.1) is 0 Å². The van der Waals surface area contributed by atoms with Gasteiger partial charge in [0.25, 0.3) is 0 Å². The van der Waals surface area contributed by atoms with Crippen LogP contribution in [0.1, 0.15) is 12.0 Å².